The molecule has 13 nitrogen and oxygen atoms in total. The topological polar surface area (TPSA) is 169 Å². The Morgan fingerprint density at radius 2 is 1.67 bits per heavy atom. The Morgan fingerprint density at radius 1 is 1.04 bits per heavy atom. The first kappa shape index (κ1) is 33.4. The van der Waals surface area contributed by atoms with Crippen LogP contribution in [0.2, 0.25) is 5.02 Å². The summed E-state index contributed by atoms with van der Waals surface area (Å²) in [5.74, 6) is -4.17. The fourth-order valence-corrected chi connectivity index (χ4v) is 7.50. The zero-order chi connectivity index (χ0) is 33.7. The van der Waals surface area contributed by atoms with Crippen LogP contribution in [0.5, 0.6) is 28.7 Å². The van der Waals surface area contributed by atoms with Crippen LogP contribution in [-0.4, -0.2) is 105 Å². The van der Waals surface area contributed by atoms with Crippen LogP contribution in [0.15, 0.2) is 35.6 Å². The number of aliphatic hydroxyl groups is 1. The van der Waals surface area contributed by atoms with Gasteiger partial charge < -0.3 is 34.1 Å². The number of halogens is 1. The number of carbonyl (C=O) groups is 3. The molecule has 1 amide bonds. The normalized spacial score (nSPS) is 22.5. The van der Waals surface area contributed by atoms with E-state index >= 15 is 0 Å². The van der Waals surface area contributed by atoms with E-state index in [9.17, 15) is 33.0 Å². The van der Waals surface area contributed by atoms with Crippen LogP contribution in [0.1, 0.15) is 41.6 Å². The van der Waals surface area contributed by atoms with Crippen LogP contribution < -0.4 is 18.9 Å². The Bertz CT molecular complexity index is 1750. The fraction of sp³-hybridized carbons (Fsp3) is 0.452. The molecule has 3 atom stereocenters. The number of ether oxygens (including phenoxy) is 4. The van der Waals surface area contributed by atoms with Gasteiger partial charge in [-0.15, -0.1) is 0 Å². The molecule has 1 saturated heterocycles. The maximum Gasteiger partial charge on any atom is 0.231 e. The van der Waals surface area contributed by atoms with Crippen molar-refractivity contribution < 1.29 is 52.0 Å². The maximum atomic E-state index is 14.3. The summed E-state index contributed by atoms with van der Waals surface area (Å²) in [4.78, 5) is 43.3. The summed E-state index contributed by atoms with van der Waals surface area (Å²) in [6.07, 6.45) is 0.549. The predicted octanol–water partition coefficient (Wildman–Crippen LogP) is 3.08. The van der Waals surface area contributed by atoms with Gasteiger partial charge in [-0.05, 0) is 17.7 Å². The highest BCUT2D eigenvalue weighted by molar-refractivity contribution is 7.88. The smallest absolute Gasteiger partial charge is 0.231 e. The highest BCUT2D eigenvalue weighted by Crippen LogP contribution is 2.56. The number of aliphatic hydroxyl groups excluding tert-OH is 1. The number of methoxy groups -OCH3 is 3. The number of amides is 1. The van der Waals surface area contributed by atoms with E-state index in [0.29, 0.717) is 5.56 Å². The summed E-state index contributed by atoms with van der Waals surface area (Å²) < 4.78 is 47.6. The third-order valence-electron chi connectivity index (χ3n) is 8.91. The molecule has 2 heterocycles. The molecule has 46 heavy (non-hydrogen) atoms. The Labute approximate surface area is 271 Å². The number of carbonyl (C=O) groups excluding carboxylic acids is 3. The molecular formula is C31H35ClN2O11S. The molecule has 0 aromatic heterocycles. The van der Waals surface area contributed by atoms with Crippen LogP contribution >= 0.6 is 11.6 Å². The molecule has 1 fully saturated rings. The largest absolute Gasteiger partial charge is 0.507 e. The van der Waals surface area contributed by atoms with E-state index in [4.69, 9.17) is 30.5 Å². The number of sulfonamides is 1. The molecule has 15 heteroatoms. The van der Waals surface area contributed by atoms with Crippen molar-refractivity contribution in [3.05, 3.63) is 51.7 Å². The highest BCUT2D eigenvalue weighted by Gasteiger charge is 2.61. The lowest BCUT2D eigenvalue weighted by Crippen LogP contribution is -2.53. The van der Waals surface area contributed by atoms with Gasteiger partial charge in [0.15, 0.2) is 28.8 Å². The number of ketones is 2. The summed E-state index contributed by atoms with van der Waals surface area (Å²) in [5.41, 5.74) is -1.96. The predicted molar refractivity (Wildman–Crippen MR) is 166 cm³/mol. The van der Waals surface area contributed by atoms with Crippen molar-refractivity contribution in [2.45, 2.75) is 31.3 Å². The Balaban J connectivity index is 1.63. The third-order valence-corrected chi connectivity index (χ3v) is 10.6. The quantitative estimate of drug-likeness (QED) is 0.421. The number of Topliss-reactive ketones (excluding diaryl/α,β-unsaturated/α-hetero) is 2. The Kier molecular flexibility index (Phi) is 8.92. The van der Waals surface area contributed by atoms with E-state index in [1.165, 1.54) is 54.8 Å². The molecular weight excluding hydrogens is 644 g/mol. The van der Waals surface area contributed by atoms with Gasteiger partial charge in [-0.2, -0.15) is 4.31 Å². The van der Waals surface area contributed by atoms with Crippen molar-refractivity contribution in [2.24, 2.45) is 5.92 Å². The van der Waals surface area contributed by atoms with Crippen LogP contribution in [0.3, 0.4) is 0 Å². The number of rotatable bonds is 8. The van der Waals surface area contributed by atoms with Gasteiger partial charge in [-0.1, -0.05) is 24.6 Å². The first-order chi connectivity index (χ1) is 21.7. The molecule has 248 valence electrons. The summed E-state index contributed by atoms with van der Waals surface area (Å²) >= 11 is 6.56. The molecule has 0 radical (unpaired) electrons. The highest BCUT2D eigenvalue weighted by atomic mass is 35.5. The van der Waals surface area contributed by atoms with Crippen molar-refractivity contribution in [1.82, 2.24) is 9.21 Å². The van der Waals surface area contributed by atoms with Crippen molar-refractivity contribution >= 4 is 39.1 Å². The maximum absolute atomic E-state index is 14.3. The Morgan fingerprint density at radius 3 is 2.26 bits per heavy atom. The summed E-state index contributed by atoms with van der Waals surface area (Å²) in [6.45, 7) is 2.03. The van der Waals surface area contributed by atoms with E-state index in [1.807, 2.05) is 0 Å². The minimum Gasteiger partial charge on any atom is -0.507 e. The molecule has 1 spiro atoms. The van der Waals surface area contributed by atoms with Crippen molar-refractivity contribution in [1.29, 1.82) is 0 Å². The van der Waals surface area contributed by atoms with Gasteiger partial charge >= 0.3 is 0 Å². The number of hydrogen-bond acceptors (Lipinski definition) is 11. The lowest BCUT2D eigenvalue weighted by atomic mass is 9.69. The van der Waals surface area contributed by atoms with Crippen LogP contribution in [0, 0.1) is 5.92 Å². The number of phenols is 1. The average molecular weight is 679 g/mol. The second-order valence-electron chi connectivity index (χ2n) is 11.5. The molecule has 2 aromatic rings. The van der Waals surface area contributed by atoms with Gasteiger partial charge in [-0.3, -0.25) is 14.4 Å². The molecule has 0 bridgehead atoms. The number of nitrogens with zero attached hydrogens (tertiary/aromatic N) is 2. The minimum absolute atomic E-state index is 0.0230. The zero-order valence-electron chi connectivity index (χ0n) is 26.0. The van der Waals surface area contributed by atoms with Crippen LogP contribution in [0.4, 0.5) is 0 Å². The monoisotopic (exact) mass is 678 g/mol. The van der Waals surface area contributed by atoms with Gasteiger partial charge in [0.05, 0.1) is 27.6 Å². The lowest BCUT2D eigenvalue weighted by Gasteiger charge is -2.39. The lowest BCUT2D eigenvalue weighted by molar-refractivity contribution is -0.132. The van der Waals surface area contributed by atoms with Gasteiger partial charge in [0.25, 0.3) is 0 Å². The standard InChI is InChI=1S/C31H35ClN2O11S/c1-16-12-20(36)25(29(38)31(16)30(39)26-22(43-3)15-23(44-4)27(32)28(26)45-31)18(17-6-7-19(35)21(13-17)42-2)14-24(37)33-8-10-34(11-9-33)46(5,40)41/h6-7,13,15-16,18,35,38H,8-12,14H2,1-5H3. The SMILES string of the molecule is COc1cc(C(CC(=O)N2CCN(S(C)(=O)=O)CC2)C2=C(O)C3(Oc4c(Cl)c(OC)cc(OC)c4C3=O)C(C)CC2=O)ccc1O. The summed E-state index contributed by atoms with van der Waals surface area (Å²) in [6, 6.07) is 5.70. The zero-order valence-corrected chi connectivity index (χ0v) is 27.5. The minimum atomic E-state index is -3.44. The van der Waals surface area contributed by atoms with Crippen molar-refractivity contribution in [3.63, 3.8) is 0 Å². The fourth-order valence-electron chi connectivity index (χ4n) is 6.41. The van der Waals surface area contributed by atoms with Crippen LogP contribution in [-0.2, 0) is 19.6 Å². The number of allylic oxidation sites excluding steroid dienone is 1. The first-order valence-corrected chi connectivity index (χ1v) is 16.7. The van der Waals surface area contributed by atoms with Gasteiger partial charge in [0.2, 0.25) is 27.3 Å². The molecule has 3 aliphatic rings. The first-order valence-electron chi connectivity index (χ1n) is 14.4. The average Bonchev–Trinajstić information content (AvgIpc) is 3.34. The van der Waals surface area contributed by atoms with Gasteiger partial charge in [0.1, 0.15) is 22.1 Å². The van der Waals surface area contributed by atoms with E-state index in [2.05, 4.69) is 0 Å². The van der Waals surface area contributed by atoms with E-state index < -0.39 is 50.7 Å². The molecule has 2 aromatic carbocycles. The summed E-state index contributed by atoms with van der Waals surface area (Å²) in [7, 11) is 0.631. The Hall–Kier alpha value is -4.01. The summed E-state index contributed by atoms with van der Waals surface area (Å²) in [5, 5.41) is 22.3. The number of benzene rings is 2. The van der Waals surface area contributed by atoms with E-state index in [0.717, 1.165) is 6.26 Å². The molecule has 2 aliphatic heterocycles. The number of fused-ring (bicyclic) bond motifs is 1. The van der Waals surface area contributed by atoms with Gasteiger partial charge in [0, 0.05) is 62.5 Å². The van der Waals surface area contributed by atoms with Crippen LogP contribution in [0.25, 0.3) is 0 Å². The van der Waals surface area contributed by atoms with E-state index in [-0.39, 0.29) is 83.9 Å². The number of aromatic hydroxyl groups is 1. The molecule has 0 saturated carbocycles. The van der Waals surface area contributed by atoms with Crippen molar-refractivity contribution in [3.8, 4) is 28.7 Å². The number of piperazine rings is 1. The third kappa shape index (κ3) is 5.41. The second kappa shape index (κ2) is 12.3. The number of hydrogen-bond donors (Lipinski definition) is 2. The number of phenolic OH excluding ortho intramolecular Hbond substituents is 1. The van der Waals surface area contributed by atoms with E-state index in [1.54, 1.807) is 6.92 Å². The van der Waals surface area contributed by atoms with Crippen molar-refractivity contribution in [2.75, 3.05) is 53.8 Å². The van der Waals surface area contributed by atoms with Gasteiger partial charge in [-0.25, -0.2) is 8.42 Å². The molecule has 3 unspecified atom stereocenters. The molecule has 5 rings (SSSR count). The molecule has 1 aliphatic carbocycles. The second-order valence-corrected chi connectivity index (χ2v) is 13.8. The molecule has 2 N–H and O–H groups in total.